The first-order valence-corrected chi connectivity index (χ1v) is 9.47. The van der Waals surface area contributed by atoms with Crippen LogP contribution in [-0.2, 0) is 10.0 Å². The lowest BCUT2D eigenvalue weighted by Crippen LogP contribution is -2.14. The first kappa shape index (κ1) is 16.2. The molecule has 128 valence electrons. The van der Waals surface area contributed by atoms with Crippen molar-refractivity contribution in [3.05, 3.63) is 50.5 Å². The van der Waals surface area contributed by atoms with E-state index in [4.69, 9.17) is 16.0 Å². The Kier molecular flexibility index (Phi) is 3.63. The predicted octanol–water partition coefficient (Wildman–Crippen LogP) is 3.21. The molecule has 0 aliphatic rings. The monoisotopic (exact) mass is 442 g/mol. The van der Waals surface area contributed by atoms with Gasteiger partial charge in [-0.2, -0.15) is 5.10 Å². The van der Waals surface area contributed by atoms with E-state index in [0.717, 1.165) is 5.39 Å². The Bertz CT molecular complexity index is 1290. The molecular formula is C14H8BrClN4O4S. The van der Waals surface area contributed by atoms with Crippen molar-refractivity contribution in [2.24, 2.45) is 0 Å². The van der Waals surface area contributed by atoms with Gasteiger partial charge < -0.3 is 4.42 Å². The summed E-state index contributed by atoms with van der Waals surface area (Å²) in [5.74, 6) is -0.726. The summed E-state index contributed by atoms with van der Waals surface area (Å²) in [6.45, 7) is 0. The van der Waals surface area contributed by atoms with Crippen molar-refractivity contribution in [1.82, 2.24) is 15.2 Å². The molecule has 0 saturated heterocycles. The van der Waals surface area contributed by atoms with Crippen LogP contribution in [0.4, 0.5) is 5.69 Å². The van der Waals surface area contributed by atoms with Gasteiger partial charge in [0.05, 0.1) is 22.9 Å². The van der Waals surface area contributed by atoms with Crippen LogP contribution in [0.25, 0.3) is 22.0 Å². The van der Waals surface area contributed by atoms with Crippen molar-refractivity contribution in [3.8, 4) is 0 Å². The van der Waals surface area contributed by atoms with Gasteiger partial charge in [0.1, 0.15) is 9.92 Å². The second kappa shape index (κ2) is 5.61. The minimum atomic E-state index is -4.05. The number of oxazole rings is 1. The fraction of sp³-hybridized carbons (Fsp3) is 0. The molecule has 2 aromatic carbocycles. The van der Waals surface area contributed by atoms with E-state index in [0.29, 0.717) is 16.7 Å². The molecule has 4 rings (SSSR count). The molecule has 4 aromatic rings. The lowest BCUT2D eigenvalue weighted by molar-refractivity contribution is 0.554. The Hall–Kier alpha value is -2.30. The third-order valence-electron chi connectivity index (χ3n) is 3.53. The number of hydrogen-bond acceptors (Lipinski definition) is 5. The lowest BCUT2D eigenvalue weighted by Gasteiger charge is -2.11. The molecule has 0 bridgehead atoms. The van der Waals surface area contributed by atoms with Crippen molar-refractivity contribution >= 4 is 65.2 Å². The Balaban J connectivity index is 1.84. The van der Waals surface area contributed by atoms with Gasteiger partial charge in [0.2, 0.25) is 0 Å². The van der Waals surface area contributed by atoms with Crippen LogP contribution in [0.1, 0.15) is 0 Å². The fourth-order valence-corrected chi connectivity index (χ4v) is 5.37. The lowest BCUT2D eigenvalue weighted by atomic mass is 10.2. The minimum absolute atomic E-state index is 0.0285. The van der Waals surface area contributed by atoms with E-state index < -0.39 is 15.8 Å². The molecule has 25 heavy (non-hydrogen) atoms. The molecule has 0 aliphatic heterocycles. The third-order valence-corrected chi connectivity index (χ3v) is 6.35. The van der Waals surface area contributed by atoms with Gasteiger partial charge in [-0.05, 0) is 40.2 Å². The van der Waals surface area contributed by atoms with Gasteiger partial charge in [0.15, 0.2) is 5.58 Å². The first-order valence-electron chi connectivity index (χ1n) is 6.82. The summed E-state index contributed by atoms with van der Waals surface area (Å²) in [6, 6.07) is 6.35. The summed E-state index contributed by atoms with van der Waals surface area (Å²) in [5, 5.41) is 7.30. The number of H-pyrrole nitrogens is 2. The zero-order valence-electron chi connectivity index (χ0n) is 12.1. The second-order valence-corrected chi connectivity index (χ2v) is 8.02. The van der Waals surface area contributed by atoms with Gasteiger partial charge >= 0.3 is 5.76 Å². The largest absolute Gasteiger partial charge is 0.417 e. The molecule has 2 heterocycles. The number of rotatable bonds is 3. The van der Waals surface area contributed by atoms with Crippen molar-refractivity contribution < 1.29 is 12.8 Å². The van der Waals surface area contributed by atoms with Crippen LogP contribution in [0, 0.1) is 0 Å². The van der Waals surface area contributed by atoms with E-state index >= 15 is 0 Å². The maximum atomic E-state index is 12.8. The number of halogens is 2. The molecule has 0 unspecified atom stereocenters. The molecular weight excluding hydrogens is 436 g/mol. The average molecular weight is 444 g/mol. The van der Waals surface area contributed by atoms with Crippen LogP contribution in [0.15, 0.2) is 49.0 Å². The molecule has 2 aromatic heterocycles. The first-order chi connectivity index (χ1) is 11.8. The van der Waals surface area contributed by atoms with E-state index in [1.165, 1.54) is 6.07 Å². The van der Waals surface area contributed by atoms with Gasteiger partial charge in [0, 0.05) is 9.86 Å². The van der Waals surface area contributed by atoms with E-state index in [1.54, 1.807) is 24.4 Å². The Morgan fingerprint density at radius 2 is 2.04 bits per heavy atom. The zero-order chi connectivity index (χ0) is 17.8. The topological polar surface area (TPSA) is 121 Å². The SMILES string of the molecule is O=c1[nH]c2cc(Br)c(S(=O)(=O)Nc3ccc4cn[nH]c4c3)c(Cl)c2o1. The van der Waals surface area contributed by atoms with Crippen molar-refractivity contribution in [1.29, 1.82) is 0 Å². The van der Waals surface area contributed by atoms with Crippen molar-refractivity contribution in [2.75, 3.05) is 4.72 Å². The van der Waals surface area contributed by atoms with E-state index in [1.807, 2.05) is 0 Å². The Labute approximate surface area is 153 Å². The molecule has 8 nitrogen and oxygen atoms in total. The van der Waals surface area contributed by atoms with Crippen LogP contribution >= 0.6 is 27.5 Å². The van der Waals surface area contributed by atoms with Gasteiger partial charge in [-0.1, -0.05) is 11.6 Å². The number of aromatic nitrogens is 3. The highest BCUT2D eigenvalue weighted by Gasteiger charge is 2.26. The molecule has 3 N–H and O–H groups in total. The molecule has 0 amide bonds. The van der Waals surface area contributed by atoms with E-state index in [9.17, 15) is 13.2 Å². The average Bonchev–Trinajstić information content (AvgIpc) is 3.11. The molecule has 0 spiro atoms. The van der Waals surface area contributed by atoms with E-state index in [-0.39, 0.29) is 20.0 Å². The number of aromatic amines is 2. The van der Waals surface area contributed by atoms with Crippen LogP contribution in [0.5, 0.6) is 0 Å². The molecule has 11 heteroatoms. The van der Waals surface area contributed by atoms with Crippen molar-refractivity contribution in [3.63, 3.8) is 0 Å². The minimum Gasteiger partial charge on any atom is -0.406 e. The van der Waals surface area contributed by atoms with Crippen LogP contribution in [-0.4, -0.2) is 23.6 Å². The number of benzene rings is 2. The summed E-state index contributed by atoms with van der Waals surface area (Å²) in [4.78, 5) is 13.5. The number of sulfonamides is 1. The number of anilines is 1. The Morgan fingerprint density at radius 3 is 2.84 bits per heavy atom. The standard InChI is InChI=1S/C14H8BrClN4O4S/c15-8-4-10-12(24-14(21)18-10)11(16)13(8)25(22,23)20-7-2-1-6-5-17-19-9(6)3-7/h1-5,20H,(H,17,19)(H,18,21). The number of nitrogens with zero attached hydrogens (tertiary/aromatic N) is 1. The fourth-order valence-electron chi connectivity index (χ4n) is 2.46. The van der Waals surface area contributed by atoms with Crippen LogP contribution < -0.4 is 10.5 Å². The summed E-state index contributed by atoms with van der Waals surface area (Å²) >= 11 is 9.35. The Morgan fingerprint density at radius 1 is 1.24 bits per heavy atom. The summed E-state index contributed by atoms with van der Waals surface area (Å²) in [5.41, 5.74) is 1.27. The van der Waals surface area contributed by atoms with Crippen molar-refractivity contribution in [2.45, 2.75) is 4.90 Å². The van der Waals surface area contributed by atoms with Crippen LogP contribution in [0.2, 0.25) is 5.02 Å². The number of fused-ring (bicyclic) bond motifs is 2. The summed E-state index contributed by atoms with van der Waals surface area (Å²) < 4.78 is 33.1. The normalized spacial score (nSPS) is 12.1. The van der Waals surface area contributed by atoms with Gasteiger partial charge in [-0.3, -0.25) is 14.8 Å². The third kappa shape index (κ3) is 2.71. The molecule has 0 fully saturated rings. The summed E-state index contributed by atoms with van der Waals surface area (Å²) in [7, 11) is -4.05. The predicted molar refractivity (Wildman–Crippen MR) is 96.4 cm³/mol. The highest BCUT2D eigenvalue weighted by Crippen LogP contribution is 2.36. The van der Waals surface area contributed by atoms with Gasteiger partial charge in [-0.25, -0.2) is 13.2 Å². The maximum Gasteiger partial charge on any atom is 0.417 e. The second-order valence-electron chi connectivity index (χ2n) is 5.17. The number of hydrogen-bond donors (Lipinski definition) is 3. The van der Waals surface area contributed by atoms with E-state index in [2.05, 4.69) is 35.8 Å². The van der Waals surface area contributed by atoms with Crippen LogP contribution in [0.3, 0.4) is 0 Å². The quantitative estimate of drug-likeness (QED) is 0.449. The molecule has 0 radical (unpaired) electrons. The molecule has 0 atom stereocenters. The number of nitrogens with one attached hydrogen (secondary N) is 3. The molecule has 0 aliphatic carbocycles. The zero-order valence-corrected chi connectivity index (χ0v) is 15.3. The van der Waals surface area contributed by atoms with Gasteiger partial charge in [-0.15, -0.1) is 0 Å². The highest BCUT2D eigenvalue weighted by atomic mass is 79.9. The maximum absolute atomic E-state index is 12.8. The highest BCUT2D eigenvalue weighted by molar-refractivity contribution is 9.10. The van der Waals surface area contributed by atoms with Gasteiger partial charge in [0.25, 0.3) is 10.0 Å². The summed E-state index contributed by atoms with van der Waals surface area (Å²) in [6.07, 6.45) is 1.63. The smallest absolute Gasteiger partial charge is 0.406 e. The molecule has 0 saturated carbocycles.